The van der Waals surface area contributed by atoms with Crippen LogP contribution in [0.15, 0.2) is 24.3 Å². The van der Waals surface area contributed by atoms with Gasteiger partial charge in [-0.2, -0.15) is 0 Å². The number of nitrogens with one attached hydrogen (secondary N) is 1. The van der Waals surface area contributed by atoms with E-state index in [4.69, 9.17) is 4.74 Å². The molecule has 0 radical (unpaired) electrons. The fourth-order valence-electron chi connectivity index (χ4n) is 7.79. The van der Waals surface area contributed by atoms with E-state index in [0.717, 1.165) is 83.5 Å². The molecule has 0 rings (SSSR count). The number of allylic oxidation sites excluding steroid dienone is 4. The molecule has 342 valence electrons. The summed E-state index contributed by atoms with van der Waals surface area (Å²) >= 11 is 0. The average molecular weight is 818 g/mol. The second-order valence-corrected chi connectivity index (χ2v) is 17.5. The van der Waals surface area contributed by atoms with Crippen LogP contribution in [0, 0.1) is 0 Å². The largest absolute Gasteiger partial charge is 0.466 e. The molecule has 0 aliphatic carbocycles. The molecular formula is C52H99NO5. The number of hydrogen-bond acceptors (Lipinski definition) is 5. The minimum absolute atomic E-state index is 0.0131. The van der Waals surface area contributed by atoms with Crippen LogP contribution in [0.5, 0.6) is 0 Å². The summed E-state index contributed by atoms with van der Waals surface area (Å²) in [6, 6.07) is -0.551. The van der Waals surface area contributed by atoms with Gasteiger partial charge < -0.3 is 20.3 Å². The summed E-state index contributed by atoms with van der Waals surface area (Å²) in [6.07, 6.45) is 55.9. The van der Waals surface area contributed by atoms with Gasteiger partial charge in [-0.05, 0) is 64.2 Å². The molecule has 0 aromatic heterocycles. The van der Waals surface area contributed by atoms with Crippen LogP contribution in [-0.2, 0) is 14.3 Å². The Morgan fingerprint density at radius 2 is 0.862 bits per heavy atom. The number of esters is 1. The van der Waals surface area contributed by atoms with Crippen LogP contribution < -0.4 is 5.32 Å². The first-order valence-electron chi connectivity index (χ1n) is 25.6. The van der Waals surface area contributed by atoms with Gasteiger partial charge in [0.15, 0.2) is 0 Å². The third-order valence-electron chi connectivity index (χ3n) is 11.8. The minimum Gasteiger partial charge on any atom is -0.466 e. The van der Waals surface area contributed by atoms with Crippen molar-refractivity contribution in [2.24, 2.45) is 0 Å². The summed E-state index contributed by atoms with van der Waals surface area (Å²) < 4.78 is 5.45. The van der Waals surface area contributed by atoms with E-state index >= 15 is 0 Å². The number of rotatable bonds is 47. The molecule has 0 aliphatic rings. The summed E-state index contributed by atoms with van der Waals surface area (Å²) in [7, 11) is 0. The summed E-state index contributed by atoms with van der Waals surface area (Å²) in [4.78, 5) is 24.4. The molecule has 2 unspecified atom stereocenters. The maximum absolute atomic E-state index is 12.4. The Bertz CT molecular complexity index is 904. The predicted octanol–water partition coefficient (Wildman–Crippen LogP) is 15.1. The summed E-state index contributed by atoms with van der Waals surface area (Å²) in [5, 5.41) is 23.0. The molecule has 6 heteroatoms. The van der Waals surface area contributed by atoms with E-state index in [-0.39, 0.29) is 18.5 Å². The fraction of sp³-hybridized carbons (Fsp3) is 0.885. The molecule has 0 aliphatic heterocycles. The van der Waals surface area contributed by atoms with Gasteiger partial charge in [-0.3, -0.25) is 9.59 Å². The van der Waals surface area contributed by atoms with Crippen molar-refractivity contribution in [1.29, 1.82) is 0 Å². The van der Waals surface area contributed by atoms with Crippen molar-refractivity contribution in [3.05, 3.63) is 24.3 Å². The number of carbonyl (C=O) groups is 2. The van der Waals surface area contributed by atoms with E-state index in [0.29, 0.717) is 25.9 Å². The third-order valence-corrected chi connectivity index (χ3v) is 11.8. The van der Waals surface area contributed by atoms with E-state index in [1.165, 1.54) is 154 Å². The maximum atomic E-state index is 12.4. The van der Waals surface area contributed by atoms with Gasteiger partial charge in [-0.25, -0.2) is 0 Å². The monoisotopic (exact) mass is 818 g/mol. The molecule has 0 aromatic rings. The van der Waals surface area contributed by atoms with E-state index < -0.39 is 12.1 Å². The lowest BCUT2D eigenvalue weighted by Crippen LogP contribution is -2.45. The van der Waals surface area contributed by atoms with Crippen molar-refractivity contribution in [2.45, 2.75) is 283 Å². The highest BCUT2D eigenvalue weighted by Gasteiger charge is 2.20. The van der Waals surface area contributed by atoms with Crippen molar-refractivity contribution < 1.29 is 24.5 Å². The molecule has 0 saturated heterocycles. The van der Waals surface area contributed by atoms with Gasteiger partial charge in [0.2, 0.25) is 5.91 Å². The van der Waals surface area contributed by atoms with Gasteiger partial charge >= 0.3 is 5.97 Å². The SMILES string of the molecule is CCCCCCCCCCCCCCCCCC(=O)OCCCCC/C=C\C/C=C\CCCCCCCCCC(=O)NC(CO)C(O)CCCCCCCCCCC. The lowest BCUT2D eigenvalue weighted by molar-refractivity contribution is -0.143. The lowest BCUT2D eigenvalue weighted by atomic mass is 10.0. The fourth-order valence-corrected chi connectivity index (χ4v) is 7.79. The number of carbonyl (C=O) groups excluding carboxylic acids is 2. The Hall–Kier alpha value is -1.66. The van der Waals surface area contributed by atoms with Crippen molar-refractivity contribution in [2.75, 3.05) is 13.2 Å². The molecule has 3 N–H and O–H groups in total. The lowest BCUT2D eigenvalue weighted by Gasteiger charge is -2.22. The van der Waals surface area contributed by atoms with E-state index in [9.17, 15) is 19.8 Å². The highest BCUT2D eigenvalue weighted by molar-refractivity contribution is 5.76. The van der Waals surface area contributed by atoms with Crippen molar-refractivity contribution >= 4 is 11.9 Å². The molecule has 0 heterocycles. The van der Waals surface area contributed by atoms with Crippen LogP contribution >= 0.6 is 0 Å². The highest BCUT2D eigenvalue weighted by Crippen LogP contribution is 2.16. The Morgan fingerprint density at radius 1 is 0.483 bits per heavy atom. The van der Waals surface area contributed by atoms with Gasteiger partial charge in [0, 0.05) is 12.8 Å². The van der Waals surface area contributed by atoms with Gasteiger partial charge in [0.05, 0.1) is 25.4 Å². The normalized spacial score (nSPS) is 12.8. The zero-order chi connectivity index (χ0) is 42.3. The van der Waals surface area contributed by atoms with Crippen LogP contribution in [0.1, 0.15) is 271 Å². The number of aliphatic hydroxyl groups is 2. The number of hydrogen-bond donors (Lipinski definition) is 3. The first kappa shape index (κ1) is 56.3. The molecule has 0 bridgehead atoms. The van der Waals surface area contributed by atoms with E-state index in [1.807, 2.05) is 0 Å². The summed E-state index contributed by atoms with van der Waals surface area (Å²) in [6.45, 7) is 4.89. The van der Waals surface area contributed by atoms with Crippen LogP contribution in [0.4, 0.5) is 0 Å². The van der Waals surface area contributed by atoms with Crippen molar-refractivity contribution in [3.63, 3.8) is 0 Å². The Kier molecular flexibility index (Phi) is 46.6. The first-order valence-corrected chi connectivity index (χ1v) is 25.6. The molecule has 0 saturated carbocycles. The number of unbranched alkanes of at least 4 members (excludes halogenated alkanes) is 32. The van der Waals surface area contributed by atoms with Crippen LogP contribution in [-0.4, -0.2) is 47.4 Å². The minimum atomic E-state index is -0.672. The number of amides is 1. The number of aliphatic hydroxyl groups excluding tert-OH is 2. The Labute approximate surface area is 361 Å². The second kappa shape index (κ2) is 48.0. The Morgan fingerprint density at radius 3 is 1.31 bits per heavy atom. The first-order chi connectivity index (χ1) is 28.5. The standard InChI is InChI=1S/C52H99NO5/c1-3-5-7-9-11-13-14-15-19-23-26-30-34-38-42-46-52(57)58-47-43-39-35-31-27-24-21-18-16-17-20-22-25-29-33-37-41-45-51(56)53-49(48-54)50(55)44-40-36-32-28-12-10-8-6-4-2/h16,18,24,27,49-50,54-55H,3-15,17,19-23,25-26,28-48H2,1-2H3,(H,53,56)/b18-16-,27-24-. The quantitative estimate of drug-likeness (QED) is 0.0323. The molecule has 2 atom stereocenters. The van der Waals surface area contributed by atoms with Crippen LogP contribution in [0.25, 0.3) is 0 Å². The van der Waals surface area contributed by atoms with Gasteiger partial charge in [0.1, 0.15) is 0 Å². The summed E-state index contributed by atoms with van der Waals surface area (Å²) in [5.41, 5.74) is 0. The van der Waals surface area contributed by atoms with E-state index in [1.54, 1.807) is 0 Å². The average Bonchev–Trinajstić information content (AvgIpc) is 3.22. The smallest absolute Gasteiger partial charge is 0.305 e. The van der Waals surface area contributed by atoms with Crippen molar-refractivity contribution in [3.8, 4) is 0 Å². The van der Waals surface area contributed by atoms with Crippen LogP contribution in [0.3, 0.4) is 0 Å². The highest BCUT2D eigenvalue weighted by atomic mass is 16.5. The molecule has 0 aromatic carbocycles. The van der Waals surface area contributed by atoms with Crippen LogP contribution in [0.2, 0.25) is 0 Å². The molecule has 1 amide bonds. The second-order valence-electron chi connectivity index (χ2n) is 17.5. The molecular weight excluding hydrogens is 719 g/mol. The zero-order valence-corrected chi connectivity index (χ0v) is 38.8. The topological polar surface area (TPSA) is 95.9 Å². The Balaban J connectivity index is 3.47. The molecule has 0 fully saturated rings. The molecule has 0 spiro atoms. The zero-order valence-electron chi connectivity index (χ0n) is 38.8. The van der Waals surface area contributed by atoms with Gasteiger partial charge in [-0.1, -0.05) is 218 Å². The third kappa shape index (κ3) is 43.9. The molecule has 58 heavy (non-hydrogen) atoms. The van der Waals surface area contributed by atoms with Crippen molar-refractivity contribution in [1.82, 2.24) is 5.32 Å². The molecule has 6 nitrogen and oxygen atoms in total. The maximum Gasteiger partial charge on any atom is 0.305 e. The van der Waals surface area contributed by atoms with Gasteiger partial charge in [-0.15, -0.1) is 0 Å². The van der Waals surface area contributed by atoms with Gasteiger partial charge in [0.25, 0.3) is 0 Å². The number of ether oxygens (including phenoxy) is 1. The predicted molar refractivity (Wildman–Crippen MR) is 250 cm³/mol. The van der Waals surface area contributed by atoms with E-state index in [2.05, 4.69) is 43.5 Å². The summed E-state index contributed by atoms with van der Waals surface area (Å²) in [5.74, 6) is -0.0670.